The molecule has 98 valence electrons. The highest BCUT2D eigenvalue weighted by atomic mass is 32.1. The minimum Gasteiger partial charge on any atom is -0.429 e. The minimum absolute atomic E-state index is 0. The maximum Gasteiger partial charge on any atom is 0.291 e. The molecular formula is C14H14N2O2S. The lowest BCUT2D eigenvalue weighted by Crippen LogP contribution is -2.29. The summed E-state index contributed by atoms with van der Waals surface area (Å²) in [5.41, 5.74) is 4.14. The van der Waals surface area contributed by atoms with E-state index >= 15 is 0 Å². The summed E-state index contributed by atoms with van der Waals surface area (Å²) >= 11 is 5.12. The van der Waals surface area contributed by atoms with Gasteiger partial charge in [0.15, 0.2) is 0 Å². The Hall–Kier alpha value is -2.14. The summed E-state index contributed by atoms with van der Waals surface area (Å²) in [7, 11) is 0. The summed E-state index contributed by atoms with van der Waals surface area (Å²) in [6, 6.07) is 7.06. The van der Waals surface area contributed by atoms with Crippen molar-refractivity contribution in [1.82, 2.24) is 4.68 Å². The van der Waals surface area contributed by atoms with Crippen molar-refractivity contribution >= 4 is 23.2 Å². The van der Waals surface area contributed by atoms with Crippen molar-refractivity contribution in [3.8, 4) is 0 Å². The first-order chi connectivity index (χ1) is 9.25. The lowest BCUT2D eigenvalue weighted by Gasteiger charge is -2.12. The highest BCUT2D eigenvalue weighted by Gasteiger charge is 2.07. The zero-order chi connectivity index (χ0) is 13.2. The Morgan fingerprint density at radius 1 is 1.32 bits per heavy atom. The van der Waals surface area contributed by atoms with E-state index in [9.17, 15) is 4.79 Å². The van der Waals surface area contributed by atoms with Crippen LogP contribution in [0.4, 0.5) is 0 Å². The molecule has 0 unspecified atom stereocenters. The third kappa shape index (κ3) is 2.24. The van der Waals surface area contributed by atoms with E-state index < -0.39 is 0 Å². The van der Waals surface area contributed by atoms with Crippen molar-refractivity contribution in [2.45, 2.75) is 12.8 Å². The van der Waals surface area contributed by atoms with Crippen LogP contribution in [-0.2, 0) is 0 Å². The van der Waals surface area contributed by atoms with E-state index in [1.165, 1.54) is 4.68 Å². The van der Waals surface area contributed by atoms with E-state index in [2.05, 4.69) is 11.5 Å². The van der Waals surface area contributed by atoms with Gasteiger partial charge < -0.3 is 4.42 Å². The van der Waals surface area contributed by atoms with Gasteiger partial charge in [0.05, 0.1) is 11.1 Å². The molecule has 0 amide bonds. The van der Waals surface area contributed by atoms with Crippen LogP contribution < -0.4 is 11.0 Å². The quantitative estimate of drug-likeness (QED) is 0.853. The average Bonchev–Trinajstić information content (AvgIpc) is 2.45. The van der Waals surface area contributed by atoms with Gasteiger partial charge in [-0.15, -0.1) is 0 Å². The van der Waals surface area contributed by atoms with Crippen LogP contribution in [0.2, 0.25) is 0 Å². The molecule has 0 bridgehead atoms. The van der Waals surface area contributed by atoms with Gasteiger partial charge in [0.1, 0.15) is 5.58 Å². The van der Waals surface area contributed by atoms with Gasteiger partial charge in [-0.1, -0.05) is 24.3 Å². The van der Waals surface area contributed by atoms with Gasteiger partial charge in [0.25, 0.3) is 10.4 Å². The SMILES string of the molecule is O=c1c2ccccc2oc(=S)n1NC1=CCCC=C1.[HH]. The molecule has 1 aromatic carbocycles. The highest BCUT2D eigenvalue weighted by Crippen LogP contribution is 2.11. The van der Waals surface area contributed by atoms with Crippen molar-refractivity contribution in [3.05, 3.63) is 63.4 Å². The number of benzene rings is 1. The minimum atomic E-state index is -0.202. The lowest BCUT2D eigenvalue weighted by molar-refractivity contribution is 0.520. The van der Waals surface area contributed by atoms with Crippen molar-refractivity contribution in [1.29, 1.82) is 0 Å². The molecular weight excluding hydrogens is 260 g/mol. The Labute approximate surface area is 116 Å². The number of nitrogens with one attached hydrogen (secondary N) is 1. The molecule has 1 N–H and O–H groups in total. The fraction of sp³-hybridized carbons (Fsp3) is 0.143. The maximum atomic E-state index is 12.3. The van der Waals surface area contributed by atoms with Crippen LogP contribution in [0, 0.1) is 4.84 Å². The van der Waals surface area contributed by atoms with Gasteiger partial charge in [-0.25, -0.2) is 0 Å². The Balaban J connectivity index is 0.00000147. The number of hydrogen-bond acceptors (Lipinski definition) is 4. The largest absolute Gasteiger partial charge is 0.429 e. The number of fused-ring (bicyclic) bond motifs is 1. The average molecular weight is 274 g/mol. The second kappa shape index (κ2) is 4.85. The van der Waals surface area contributed by atoms with Gasteiger partial charge >= 0.3 is 0 Å². The van der Waals surface area contributed by atoms with Crippen LogP contribution >= 0.6 is 12.2 Å². The van der Waals surface area contributed by atoms with Gasteiger partial charge in [-0.05, 0) is 43.3 Å². The second-order valence-corrected chi connectivity index (χ2v) is 4.60. The van der Waals surface area contributed by atoms with E-state index in [1.54, 1.807) is 18.2 Å². The molecule has 1 heterocycles. The predicted octanol–water partition coefficient (Wildman–Crippen LogP) is 3.35. The number of para-hydroxylation sites is 1. The second-order valence-electron chi connectivity index (χ2n) is 4.26. The number of aromatic nitrogens is 1. The summed E-state index contributed by atoms with van der Waals surface area (Å²) in [5.74, 6) is 0. The van der Waals surface area contributed by atoms with E-state index in [1.807, 2.05) is 18.2 Å². The molecule has 3 rings (SSSR count). The molecule has 0 spiro atoms. The normalized spacial score (nSPS) is 14.4. The summed E-state index contributed by atoms with van der Waals surface area (Å²) in [6.45, 7) is 0. The highest BCUT2D eigenvalue weighted by molar-refractivity contribution is 7.71. The maximum absolute atomic E-state index is 12.3. The van der Waals surface area contributed by atoms with Crippen molar-refractivity contribution in [2.24, 2.45) is 0 Å². The zero-order valence-corrected chi connectivity index (χ0v) is 10.9. The Morgan fingerprint density at radius 3 is 2.95 bits per heavy atom. The summed E-state index contributed by atoms with van der Waals surface area (Å²) in [6.07, 6.45) is 7.97. The molecule has 1 aliphatic carbocycles. The predicted molar refractivity (Wildman–Crippen MR) is 79.2 cm³/mol. The number of nitrogens with zero attached hydrogens (tertiary/aromatic N) is 1. The zero-order valence-electron chi connectivity index (χ0n) is 10.1. The van der Waals surface area contributed by atoms with Crippen LogP contribution in [0.1, 0.15) is 14.3 Å². The molecule has 0 atom stereocenters. The third-order valence-electron chi connectivity index (χ3n) is 2.94. The summed E-state index contributed by atoms with van der Waals surface area (Å²) < 4.78 is 6.74. The molecule has 1 aromatic heterocycles. The Morgan fingerprint density at radius 2 is 2.16 bits per heavy atom. The van der Waals surface area contributed by atoms with Crippen LogP contribution in [-0.4, -0.2) is 4.68 Å². The fourth-order valence-corrected chi connectivity index (χ4v) is 2.22. The summed E-state index contributed by atoms with van der Waals surface area (Å²) in [5, 5.41) is 0.504. The van der Waals surface area contributed by atoms with Gasteiger partial charge in [-0.2, -0.15) is 4.68 Å². The molecule has 2 aromatic rings. The van der Waals surface area contributed by atoms with E-state index in [0.29, 0.717) is 11.0 Å². The summed E-state index contributed by atoms with van der Waals surface area (Å²) in [4.78, 5) is 12.5. The fourth-order valence-electron chi connectivity index (χ4n) is 2.00. The molecule has 1 aliphatic rings. The lowest BCUT2D eigenvalue weighted by atomic mass is 10.1. The number of allylic oxidation sites excluding steroid dienone is 3. The first kappa shape index (κ1) is 11.9. The first-order valence-corrected chi connectivity index (χ1v) is 6.45. The smallest absolute Gasteiger partial charge is 0.291 e. The Bertz CT molecular complexity index is 805. The van der Waals surface area contributed by atoms with E-state index in [0.717, 1.165) is 18.5 Å². The molecule has 0 fully saturated rings. The van der Waals surface area contributed by atoms with Gasteiger partial charge in [0.2, 0.25) is 0 Å². The first-order valence-electron chi connectivity index (χ1n) is 6.04. The molecule has 0 saturated carbocycles. The van der Waals surface area contributed by atoms with Crippen molar-refractivity contribution in [3.63, 3.8) is 0 Å². The number of rotatable bonds is 2. The van der Waals surface area contributed by atoms with Crippen LogP contribution in [0.5, 0.6) is 0 Å². The van der Waals surface area contributed by atoms with Gasteiger partial charge in [-0.3, -0.25) is 10.2 Å². The standard InChI is InChI=1S/C14H12N2O2S.H2/c17-13-11-8-4-5-9-12(11)18-14(19)16(13)15-10-6-2-1-3-7-10;/h2,4-9,15H,1,3H2;1H. The van der Waals surface area contributed by atoms with Crippen LogP contribution in [0.15, 0.2) is 57.4 Å². The molecule has 19 heavy (non-hydrogen) atoms. The molecule has 0 saturated heterocycles. The van der Waals surface area contributed by atoms with E-state index in [4.69, 9.17) is 16.6 Å². The van der Waals surface area contributed by atoms with Crippen LogP contribution in [0.25, 0.3) is 11.0 Å². The molecule has 0 radical (unpaired) electrons. The molecule has 4 nitrogen and oxygen atoms in total. The molecule has 0 aliphatic heterocycles. The van der Waals surface area contributed by atoms with Gasteiger partial charge in [0, 0.05) is 1.43 Å². The van der Waals surface area contributed by atoms with Crippen molar-refractivity contribution in [2.75, 3.05) is 5.43 Å². The van der Waals surface area contributed by atoms with Crippen LogP contribution in [0.3, 0.4) is 0 Å². The topological polar surface area (TPSA) is 47.2 Å². The molecule has 5 heteroatoms. The Kier molecular flexibility index (Phi) is 3.05. The number of hydrogen-bond donors (Lipinski definition) is 1. The third-order valence-corrected chi connectivity index (χ3v) is 3.20. The van der Waals surface area contributed by atoms with E-state index in [-0.39, 0.29) is 11.8 Å². The van der Waals surface area contributed by atoms with Crippen molar-refractivity contribution < 1.29 is 5.84 Å². The monoisotopic (exact) mass is 274 g/mol.